The van der Waals surface area contributed by atoms with Gasteiger partial charge in [-0.25, -0.2) is 0 Å². The van der Waals surface area contributed by atoms with Gasteiger partial charge in [-0.3, -0.25) is 4.79 Å². The molecule has 0 unspecified atom stereocenters. The summed E-state index contributed by atoms with van der Waals surface area (Å²) >= 11 is 0. The van der Waals surface area contributed by atoms with E-state index in [9.17, 15) is 4.79 Å². The zero-order chi connectivity index (χ0) is 13.7. The van der Waals surface area contributed by atoms with Crippen molar-refractivity contribution in [3.05, 3.63) is 0 Å². The van der Waals surface area contributed by atoms with Crippen LogP contribution in [0, 0.1) is 17.8 Å². The zero-order valence-electron chi connectivity index (χ0n) is 12.0. The SMILES string of the molecule is N[C@H](CC(=O)O)C(C1CCCCC1)C1CCCCC1. The van der Waals surface area contributed by atoms with Crippen molar-refractivity contribution in [2.24, 2.45) is 23.5 Å². The van der Waals surface area contributed by atoms with Crippen LogP contribution in [0.3, 0.4) is 0 Å². The van der Waals surface area contributed by atoms with E-state index in [1.54, 1.807) is 0 Å². The lowest BCUT2D eigenvalue weighted by Crippen LogP contribution is -2.42. The normalized spacial score (nSPS) is 24.5. The van der Waals surface area contributed by atoms with Crippen LogP contribution in [0.4, 0.5) is 0 Å². The van der Waals surface area contributed by atoms with E-state index in [1.165, 1.54) is 64.2 Å². The molecule has 2 saturated carbocycles. The molecule has 2 aliphatic carbocycles. The monoisotopic (exact) mass is 267 g/mol. The van der Waals surface area contributed by atoms with Gasteiger partial charge < -0.3 is 10.8 Å². The van der Waals surface area contributed by atoms with E-state index in [1.807, 2.05) is 0 Å². The van der Waals surface area contributed by atoms with Crippen LogP contribution >= 0.6 is 0 Å². The fraction of sp³-hybridized carbons (Fsp3) is 0.938. The molecule has 0 aromatic heterocycles. The molecule has 3 N–H and O–H groups in total. The van der Waals surface area contributed by atoms with Gasteiger partial charge in [0.15, 0.2) is 0 Å². The maximum absolute atomic E-state index is 11.0. The molecular weight excluding hydrogens is 238 g/mol. The van der Waals surface area contributed by atoms with Crippen molar-refractivity contribution >= 4 is 5.97 Å². The standard InChI is InChI=1S/C16H29NO2/c17-14(11-15(18)19)16(12-7-3-1-4-8-12)13-9-5-2-6-10-13/h12-14,16H,1-11,17H2,(H,18,19)/t14-/m1/s1. The summed E-state index contributed by atoms with van der Waals surface area (Å²) in [5.74, 6) is 1.10. The van der Waals surface area contributed by atoms with E-state index >= 15 is 0 Å². The predicted molar refractivity (Wildman–Crippen MR) is 76.9 cm³/mol. The fourth-order valence-electron chi connectivity index (χ4n) is 4.46. The summed E-state index contributed by atoms with van der Waals surface area (Å²) in [4.78, 5) is 11.0. The summed E-state index contributed by atoms with van der Waals surface area (Å²) in [5.41, 5.74) is 6.30. The zero-order valence-corrected chi connectivity index (χ0v) is 12.0. The fourth-order valence-corrected chi connectivity index (χ4v) is 4.46. The predicted octanol–water partition coefficient (Wildman–Crippen LogP) is 3.57. The number of hydrogen-bond donors (Lipinski definition) is 2. The molecule has 0 saturated heterocycles. The van der Waals surface area contributed by atoms with Crippen molar-refractivity contribution in [3.63, 3.8) is 0 Å². The Morgan fingerprint density at radius 1 is 0.947 bits per heavy atom. The number of hydrogen-bond acceptors (Lipinski definition) is 2. The summed E-state index contributed by atoms with van der Waals surface area (Å²) in [7, 11) is 0. The summed E-state index contributed by atoms with van der Waals surface area (Å²) in [6.45, 7) is 0. The maximum Gasteiger partial charge on any atom is 0.304 e. The smallest absolute Gasteiger partial charge is 0.304 e. The lowest BCUT2D eigenvalue weighted by molar-refractivity contribution is -0.138. The van der Waals surface area contributed by atoms with E-state index in [-0.39, 0.29) is 12.5 Å². The third-order valence-corrected chi connectivity index (χ3v) is 5.29. The summed E-state index contributed by atoms with van der Waals surface area (Å²) < 4.78 is 0. The molecular formula is C16H29NO2. The Morgan fingerprint density at radius 2 is 1.37 bits per heavy atom. The van der Waals surface area contributed by atoms with Gasteiger partial charge >= 0.3 is 5.97 Å². The second kappa shape index (κ2) is 7.28. The summed E-state index contributed by atoms with van der Waals surface area (Å²) in [5, 5.41) is 9.05. The molecule has 0 spiro atoms. The Bertz CT molecular complexity index is 262. The van der Waals surface area contributed by atoms with Gasteiger partial charge in [0.25, 0.3) is 0 Å². The maximum atomic E-state index is 11.0. The Balaban J connectivity index is 2.03. The third-order valence-electron chi connectivity index (χ3n) is 5.29. The van der Waals surface area contributed by atoms with Crippen LogP contribution < -0.4 is 5.73 Å². The average Bonchev–Trinajstić information content (AvgIpc) is 2.40. The van der Waals surface area contributed by atoms with Crippen LogP contribution in [-0.4, -0.2) is 17.1 Å². The molecule has 3 nitrogen and oxygen atoms in total. The van der Waals surface area contributed by atoms with E-state index in [2.05, 4.69) is 0 Å². The molecule has 0 bridgehead atoms. The van der Waals surface area contributed by atoms with E-state index in [4.69, 9.17) is 10.8 Å². The van der Waals surface area contributed by atoms with E-state index < -0.39 is 5.97 Å². The molecule has 110 valence electrons. The average molecular weight is 267 g/mol. The number of aliphatic carboxylic acids is 1. The number of rotatable bonds is 5. The third kappa shape index (κ3) is 4.20. The minimum atomic E-state index is -0.732. The summed E-state index contributed by atoms with van der Waals surface area (Å²) in [6, 6.07) is -0.135. The van der Waals surface area contributed by atoms with Gasteiger partial charge in [0.05, 0.1) is 6.42 Å². The van der Waals surface area contributed by atoms with E-state index in [0.717, 1.165) is 0 Å². The molecule has 19 heavy (non-hydrogen) atoms. The van der Waals surface area contributed by atoms with Crippen molar-refractivity contribution in [3.8, 4) is 0 Å². The van der Waals surface area contributed by atoms with Crippen LogP contribution in [0.25, 0.3) is 0 Å². The van der Waals surface area contributed by atoms with Crippen LogP contribution in [0.15, 0.2) is 0 Å². The second-order valence-electron chi connectivity index (χ2n) is 6.64. The topological polar surface area (TPSA) is 63.3 Å². The molecule has 2 rings (SSSR count). The molecule has 0 radical (unpaired) electrons. The van der Waals surface area contributed by atoms with Crippen molar-refractivity contribution < 1.29 is 9.90 Å². The van der Waals surface area contributed by atoms with Gasteiger partial charge in [0, 0.05) is 6.04 Å². The van der Waals surface area contributed by atoms with Crippen LogP contribution in [0.5, 0.6) is 0 Å². The molecule has 1 atom stereocenters. The molecule has 2 aliphatic rings. The van der Waals surface area contributed by atoms with Gasteiger partial charge in [0.1, 0.15) is 0 Å². The largest absolute Gasteiger partial charge is 0.481 e. The lowest BCUT2D eigenvalue weighted by Gasteiger charge is -2.40. The van der Waals surface area contributed by atoms with Gasteiger partial charge in [-0.1, -0.05) is 64.2 Å². The van der Waals surface area contributed by atoms with Crippen molar-refractivity contribution in [2.75, 3.05) is 0 Å². The first-order valence-corrected chi connectivity index (χ1v) is 8.16. The van der Waals surface area contributed by atoms with Crippen molar-refractivity contribution in [1.82, 2.24) is 0 Å². The van der Waals surface area contributed by atoms with Gasteiger partial charge in [-0.15, -0.1) is 0 Å². The highest BCUT2D eigenvalue weighted by Gasteiger charge is 2.35. The Kier molecular flexibility index (Phi) is 5.68. The minimum absolute atomic E-state index is 0.135. The summed E-state index contributed by atoms with van der Waals surface area (Å²) in [6.07, 6.45) is 13.2. The number of carboxylic acids is 1. The highest BCUT2D eigenvalue weighted by Crippen LogP contribution is 2.41. The first-order chi connectivity index (χ1) is 9.18. The van der Waals surface area contributed by atoms with Gasteiger partial charge in [0.2, 0.25) is 0 Å². The lowest BCUT2D eigenvalue weighted by atomic mass is 9.66. The Morgan fingerprint density at radius 3 is 1.74 bits per heavy atom. The molecule has 3 heteroatoms. The molecule has 2 fully saturated rings. The number of nitrogens with two attached hydrogens (primary N) is 1. The van der Waals surface area contributed by atoms with Crippen LogP contribution in [0.1, 0.15) is 70.6 Å². The van der Waals surface area contributed by atoms with Crippen molar-refractivity contribution in [2.45, 2.75) is 76.7 Å². The molecule has 0 aromatic rings. The van der Waals surface area contributed by atoms with Crippen LogP contribution in [0.2, 0.25) is 0 Å². The molecule has 0 aliphatic heterocycles. The first-order valence-electron chi connectivity index (χ1n) is 8.16. The Labute approximate surface area is 116 Å². The number of carboxylic acid groups (broad SMARTS) is 1. The number of carbonyl (C=O) groups is 1. The van der Waals surface area contributed by atoms with Crippen molar-refractivity contribution in [1.29, 1.82) is 0 Å². The van der Waals surface area contributed by atoms with Crippen LogP contribution in [-0.2, 0) is 4.79 Å². The second-order valence-corrected chi connectivity index (χ2v) is 6.64. The van der Waals surface area contributed by atoms with Gasteiger partial charge in [-0.05, 0) is 17.8 Å². The Hall–Kier alpha value is -0.570. The van der Waals surface area contributed by atoms with Gasteiger partial charge in [-0.2, -0.15) is 0 Å². The molecule has 0 aromatic carbocycles. The quantitative estimate of drug-likeness (QED) is 0.800. The molecule has 0 amide bonds. The minimum Gasteiger partial charge on any atom is -0.481 e. The van der Waals surface area contributed by atoms with E-state index in [0.29, 0.717) is 17.8 Å². The highest BCUT2D eigenvalue weighted by atomic mass is 16.4. The first kappa shape index (κ1) is 14.8. The molecule has 0 heterocycles. The highest BCUT2D eigenvalue weighted by molar-refractivity contribution is 5.67.